The monoisotopic (exact) mass is 464 g/mol. The van der Waals surface area contributed by atoms with Crippen LogP contribution in [-0.2, 0) is 14.3 Å². The van der Waals surface area contributed by atoms with E-state index in [1.54, 1.807) is 0 Å². The van der Waals surface area contributed by atoms with Crippen LogP contribution in [0.1, 0.15) is 117 Å². The largest absolute Gasteiger partial charge is 0.457 e. The predicted molar refractivity (Wildman–Crippen MR) is 140 cm³/mol. The molecule has 192 valence electrons. The lowest BCUT2D eigenvalue weighted by Crippen LogP contribution is -2.27. The van der Waals surface area contributed by atoms with Gasteiger partial charge in [-0.15, -0.1) is 0 Å². The van der Waals surface area contributed by atoms with Crippen molar-refractivity contribution in [1.82, 2.24) is 0 Å². The number of aliphatic hydroxyl groups is 1. The van der Waals surface area contributed by atoms with E-state index in [9.17, 15) is 9.90 Å². The maximum absolute atomic E-state index is 12.0. The van der Waals surface area contributed by atoms with Crippen LogP contribution in [0.15, 0.2) is 36.5 Å². The SMILES string of the molecule is CC/C=C\C/C=C\C/C=C\CCCCCCCC(=O)OC(CO)COCCCCCCCC. The van der Waals surface area contributed by atoms with E-state index in [0.717, 1.165) is 51.4 Å². The summed E-state index contributed by atoms with van der Waals surface area (Å²) in [6.07, 6.45) is 30.3. The Hall–Kier alpha value is -1.39. The summed E-state index contributed by atoms with van der Waals surface area (Å²) in [4.78, 5) is 12.0. The number of esters is 1. The van der Waals surface area contributed by atoms with Gasteiger partial charge < -0.3 is 14.6 Å². The molecule has 0 spiro atoms. The van der Waals surface area contributed by atoms with E-state index in [0.29, 0.717) is 13.0 Å². The molecule has 0 aromatic heterocycles. The highest BCUT2D eigenvalue weighted by Gasteiger charge is 2.13. The highest BCUT2D eigenvalue weighted by Crippen LogP contribution is 2.10. The van der Waals surface area contributed by atoms with Crippen molar-refractivity contribution in [3.8, 4) is 0 Å². The number of hydrogen-bond acceptors (Lipinski definition) is 4. The second-order valence-corrected chi connectivity index (χ2v) is 8.74. The Morgan fingerprint density at radius 2 is 1.36 bits per heavy atom. The summed E-state index contributed by atoms with van der Waals surface area (Å²) in [5.41, 5.74) is 0. The normalized spacial score (nSPS) is 12.9. The molecule has 0 bridgehead atoms. The first-order valence-electron chi connectivity index (χ1n) is 13.6. The van der Waals surface area contributed by atoms with E-state index >= 15 is 0 Å². The maximum Gasteiger partial charge on any atom is 0.306 e. The minimum atomic E-state index is -0.535. The first-order chi connectivity index (χ1) is 16.2. The van der Waals surface area contributed by atoms with Gasteiger partial charge in [0.1, 0.15) is 6.10 Å². The van der Waals surface area contributed by atoms with Gasteiger partial charge in [0.05, 0.1) is 13.2 Å². The zero-order chi connectivity index (χ0) is 24.2. The molecule has 1 atom stereocenters. The van der Waals surface area contributed by atoms with E-state index < -0.39 is 6.10 Å². The quantitative estimate of drug-likeness (QED) is 0.0897. The van der Waals surface area contributed by atoms with E-state index in [-0.39, 0.29) is 19.2 Å². The molecule has 0 aliphatic carbocycles. The van der Waals surface area contributed by atoms with Gasteiger partial charge in [-0.2, -0.15) is 0 Å². The summed E-state index contributed by atoms with van der Waals surface area (Å²) < 4.78 is 10.9. The molecule has 4 nitrogen and oxygen atoms in total. The minimum absolute atomic E-state index is 0.179. The topological polar surface area (TPSA) is 55.8 Å². The first-order valence-corrected chi connectivity index (χ1v) is 13.6. The predicted octanol–water partition coefficient (Wildman–Crippen LogP) is 7.86. The van der Waals surface area contributed by atoms with Gasteiger partial charge in [0.2, 0.25) is 0 Å². The summed E-state index contributed by atoms with van der Waals surface area (Å²) in [7, 11) is 0. The highest BCUT2D eigenvalue weighted by molar-refractivity contribution is 5.69. The third-order valence-corrected chi connectivity index (χ3v) is 5.48. The second kappa shape index (κ2) is 26.9. The van der Waals surface area contributed by atoms with Crippen LogP contribution >= 0.6 is 0 Å². The molecule has 4 heteroatoms. The Balaban J connectivity index is 3.53. The van der Waals surface area contributed by atoms with Crippen LogP contribution in [0.2, 0.25) is 0 Å². The molecular weight excluding hydrogens is 412 g/mol. The van der Waals surface area contributed by atoms with Crippen LogP contribution in [-0.4, -0.2) is 37.0 Å². The molecule has 0 aromatic rings. The highest BCUT2D eigenvalue weighted by atomic mass is 16.6. The van der Waals surface area contributed by atoms with Gasteiger partial charge >= 0.3 is 5.97 Å². The van der Waals surface area contributed by atoms with Crippen molar-refractivity contribution in [2.24, 2.45) is 0 Å². The first kappa shape index (κ1) is 31.6. The van der Waals surface area contributed by atoms with Crippen molar-refractivity contribution in [1.29, 1.82) is 0 Å². The molecule has 0 radical (unpaired) electrons. The number of rotatable bonds is 24. The molecule has 0 amide bonds. The summed E-state index contributed by atoms with van der Waals surface area (Å²) in [6, 6.07) is 0. The van der Waals surface area contributed by atoms with Crippen molar-refractivity contribution >= 4 is 5.97 Å². The van der Waals surface area contributed by atoms with Gasteiger partial charge in [0.25, 0.3) is 0 Å². The number of aliphatic hydroxyl groups excluding tert-OH is 1. The molecule has 0 heterocycles. The third-order valence-electron chi connectivity index (χ3n) is 5.48. The number of carbonyl (C=O) groups is 1. The van der Waals surface area contributed by atoms with E-state index in [1.807, 2.05) is 0 Å². The van der Waals surface area contributed by atoms with Crippen molar-refractivity contribution in [3.05, 3.63) is 36.5 Å². The van der Waals surface area contributed by atoms with Gasteiger partial charge in [-0.3, -0.25) is 4.79 Å². The molecule has 0 rings (SSSR count). The number of unbranched alkanes of at least 4 members (excludes halogenated alkanes) is 10. The van der Waals surface area contributed by atoms with Crippen LogP contribution in [0.3, 0.4) is 0 Å². The summed E-state index contributed by atoms with van der Waals surface area (Å²) in [6.45, 7) is 5.15. The molecule has 0 fully saturated rings. The van der Waals surface area contributed by atoms with Crippen molar-refractivity contribution in [2.75, 3.05) is 19.8 Å². The lowest BCUT2D eigenvalue weighted by atomic mass is 10.1. The number of ether oxygens (including phenoxy) is 2. The van der Waals surface area contributed by atoms with Crippen LogP contribution < -0.4 is 0 Å². The fraction of sp³-hybridized carbons (Fsp3) is 0.759. The Kier molecular flexibility index (Phi) is 25.7. The van der Waals surface area contributed by atoms with Crippen molar-refractivity contribution < 1.29 is 19.4 Å². The van der Waals surface area contributed by atoms with Crippen LogP contribution in [0.5, 0.6) is 0 Å². The minimum Gasteiger partial charge on any atom is -0.457 e. The lowest BCUT2D eigenvalue weighted by Gasteiger charge is -2.15. The molecular formula is C29H52O4. The number of allylic oxidation sites excluding steroid dienone is 6. The summed E-state index contributed by atoms with van der Waals surface area (Å²) in [5, 5.41) is 9.41. The molecule has 0 aliphatic rings. The maximum atomic E-state index is 12.0. The molecule has 0 saturated carbocycles. The number of carbonyl (C=O) groups excluding carboxylic acids is 1. The van der Waals surface area contributed by atoms with Crippen LogP contribution in [0.4, 0.5) is 0 Å². The number of hydrogen-bond donors (Lipinski definition) is 1. The van der Waals surface area contributed by atoms with Gasteiger partial charge in [-0.05, 0) is 44.9 Å². The fourth-order valence-electron chi connectivity index (χ4n) is 3.46. The molecule has 1 unspecified atom stereocenters. The zero-order valence-corrected chi connectivity index (χ0v) is 21.6. The van der Waals surface area contributed by atoms with Gasteiger partial charge in [-0.1, -0.05) is 102 Å². The van der Waals surface area contributed by atoms with E-state index in [4.69, 9.17) is 9.47 Å². The van der Waals surface area contributed by atoms with Crippen molar-refractivity contribution in [2.45, 2.75) is 123 Å². The Morgan fingerprint density at radius 1 is 0.758 bits per heavy atom. The molecule has 0 saturated heterocycles. The van der Waals surface area contributed by atoms with E-state index in [2.05, 4.69) is 50.3 Å². The standard InChI is InChI=1S/C29H52O4/c1-3-5-7-9-11-12-13-14-15-16-17-18-19-20-22-24-29(31)33-28(26-30)27-32-25-23-21-10-8-6-4-2/h5,7,11-12,14-15,28,30H,3-4,6,8-10,13,16-27H2,1-2H3/b7-5-,12-11-,15-14-. The second-order valence-electron chi connectivity index (χ2n) is 8.74. The smallest absolute Gasteiger partial charge is 0.306 e. The lowest BCUT2D eigenvalue weighted by molar-refractivity contribution is -0.154. The third kappa shape index (κ3) is 25.1. The van der Waals surface area contributed by atoms with Gasteiger partial charge in [0.15, 0.2) is 0 Å². The summed E-state index contributed by atoms with van der Waals surface area (Å²) in [5.74, 6) is -0.224. The molecule has 0 aromatic carbocycles. The Morgan fingerprint density at radius 3 is 2.06 bits per heavy atom. The summed E-state index contributed by atoms with van der Waals surface area (Å²) >= 11 is 0. The zero-order valence-electron chi connectivity index (χ0n) is 21.6. The molecule has 0 aliphatic heterocycles. The fourth-order valence-corrected chi connectivity index (χ4v) is 3.46. The van der Waals surface area contributed by atoms with Crippen molar-refractivity contribution in [3.63, 3.8) is 0 Å². The van der Waals surface area contributed by atoms with Gasteiger partial charge in [0, 0.05) is 13.0 Å². The Labute approximate surface area is 204 Å². The van der Waals surface area contributed by atoms with E-state index in [1.165, 1.54) is 44.9 Å². The Bertz CT molecular complexity index is 496. The van der Waals surface area contributed by atoms with Gasteiger partial charge in [-0.25, -0.2) is 0 Å². The van der Waals surface area contributed by atoms with Crippen LogP contribution in [0.25, 0.3) is 0 Å². The molecule has 33 heavy (non-hydrogen) atoms. The average Bonchev–Trinajstić information content (AvgIpc) is 2.82. The molecule has 1 N–H and O–H groups in total. The van der Waals surface area contributed by atoms with Crippen LogP contribution in [0, 0.1) is 0 Å². The average molecular weight is 465 g/mol.